The smallest absolute Gasteiger partial charge is 0.353 e. The Hall–Kier alpha value is -2.78. The minimum Gasteiger partial charge on any atom is -0.353 e. The lowest BCUT2D eigenvalue weighted by atomic mass is 10.2. The zero-order valence-corrected chi connectivity index (χ0v) is 12.4. The van der Waals surface area contributed by atoms with E-state index in [-0.39, 0.29) is 17.4 Å². The van der Waals surface area contributed by atoms with Crippen molar-refractivity contribution < 1.29 is 18.0 Å². The molecular weight excluding hydrogens is 325 g/mol. The van der Waals surface area contributed by atoms with Crippen LogP contribution in [0.15, 0.2) is 31.0 Å². The third kappa shape index (κ3) is 3.42. The standard InChI is InChI=1S/C14H13F3N6O/c15-14(16,17)11-7-12(21-9-20-11)22-3-5-23(6-4-22)13(24)10-8-18-1-2-19-10/h1-2,7-9H,3-6H2. The molecule has 126 valence electrons. The molecule has 3 heterocycles. The molecule has 1 aliphatic heterocycles. The summed E-state index contributed by atoms with van der Waals surface area (Å²) in [4.78, 5) is 30.5. The summed E-state index contributed by atoms with van der Waals surface area (Å²) in [5.74, 6) is -0.0506. The molecule has 2 aromatic rings. The molecule has 0 aromatic carbocycles. The predicted octanol–water partition coefficient (Wildman–Crippen LogP) is 1.25. The summed E-state index contributed by atoms with van der Waals surface area (Å²) in [6, 6.07) is 0.917. The van der Waals surface area contributed by atoms with Crippen LogP contribution in [0, 0.1) is 0 Å². The number of halogens is 3. The van der Waals surface area contributed by atoms with Crippen LogP contribution in [0.25, 0.3) is 0 Å². The lowest BCUT2D eigenvalue weighted by Gasteiger charge is -2.35. The number of anilines is 1. The number of rotatable bonds is 2. The van der Waals surface area contributed by atoms with Gasteiger partial charge in [0.2, 0.25) is 0 Å². The van der Waals surface area contributed by atoms with Crippen molar-refractivity contribution in [2.24, 2.45) is 0 Å². The first-order valence-electron chi connectivity index (χ1n) is 7.14. The van der Waals surface area contributed by atoms with Crippen LogP contribution in [0.1, 0.15) is 16.2 Å². The number of piperazine rings is 1. The molecule has 7 nitrogen and oxygen atoms in total. The van der Waals surface area contributed by atoms with Crippen LogP contribution < -0.4 is 4.90 Å². The zero-order valence-electron chi connectivity index (χ0n) is 12.4. The Morgan fingerprint density at radius 2 is 1.79 bits per heavy atom. The summed E-state index contributed by atoms with van der Waals surface area (Å²) in [6.07, 6.45) is 0.677. The SMILES string of the molecule is O=C(c1cnccn1)N1CCN(c2cc(C(F)(F)F)ncn2)CC1. The Labute approximate surface area is 135 Å². The molecule has 0 bridgehead atoms. The average Bonchev–Trinajstić information content (AvgIpc) is 2.61. The van der Waals surface area contributed by atoms with Crippen LogP contribution in [-0.2, 0) is 6.18 Å². The number of hydrogen-bond acceptors (Lipinski definition) is 6. The molecule has 3 rings (SSSR count). The van der Waals surface area contributed by atoms with E-state index in [0.717, 1.165) is 12.4 Å². The number of amides is 1. The molecule has 0 radical (unpaired) electrons. The zero-order chi connectivity index (χ0) is 17.2. The fourth-order valence-corrected chi connectivity index (χ4v) is 2.39. The number of aromatic nitrogens is 4. The second kappa shape index (κ2) is 6.38. The molecular formula is C14H13F3N6O. The Morgan fingerprint density at radius 1 is 1.04 bits per heavy atom. The maximum Gasteiger partial charge on any atom is 0.433 e. The van der Waals surface area contributed by atoms with E-state index in [9.17, 15) is 18.0 Å². The van der Waals surface area contributed by atoms with E-state index in [1.165, 1.54) is 18.6 Å². The lowest BCUT2D eigenvalue weighted by molar-refractivity contribution is -0.141. The quantitative estimate of drug-likeness (QED) is 0.820. The van der Waals surface area contributed by atoms with Gasteiger partial charge < -0.3 is 9.80 Å². The lowest BCUT2D eigenvalue weighted by Crippen LogP contribution is -2.49. The third-order valence-corrected chi connectivity index (χ3v) is 3.62. The second-order valence-corrected chi connectivity index (χ2v) is 5.13. The van der Waals surface area contributed by atoms with Gasteiger partial charge in [-0.15, -0.1) is 0 Å². The van der Waals surface area contributed by atoms with E-state index in [1.54, 1.807) is 9.80 Å². The van der Waals surface area contributed by atoms with E-state index in [0.29, 0.717) is 26.2 Å². The molecule has 1 aliphatic rings. The van der Waals surface area contributed by atoms with Gasteiger partial charge in [0.1, 0.15) is 23.5 Å². The van der Waals surface area contributed by atoms with Crippen molar-refractivity contribution in [1.29, 1.82) is 0 Å². The van der Waals surface area contributed by atoms with Crippen LogP contribution >= 0.6 is 0 Å². The molecule has 0 saturated carbocycles. The Balaban J connectivity index is 1.66. The number of carbonyl (C=O) groups excluding carboxylic acids is 1. The number of carbonyl (C=O) groups is 1. The number of alkyl halides is 3. The number of hydrogen-bond donors (Lipinski definition) is 0. The fourth-order valence-electron chi connectivity index (χ4n) is 2.39. The highest BCUT2D eigenvalue weighted by Gasteiger charge is 2.33. The first-order chi connectivity index (χ1) is 11.4. The van der Waals surface area contributed by atoms with Gasteiger partial charge in [0.25, 0.3) is 5.91 Å². The van der Waals surface area contributed by atoms with Crippen molar-refractivity contribution in [3.63, 3.8) is 0 Å². The maximum absolute atomic E-state index is 12.7. The van der Waals surface area contributed by atoms with Gasteiger partial charge in [-0.2, -0.15) is 13.2 Å². The molecule has 10 heteroatoms. The Kier molecular flexibility index (Phi) is 4.28. The fraction of sp³-hybridized carbons (Fsp3) is 0.357. The number of nitrogens with zero attached hydrogens (tertiary/aromatic N) is 6. The van der Waals surface area contributed by atoms with Crippen molar-refractivity contribution in [2.45, 2.75) is 6.18 Å². The summed E-state index contributed by atoms with van der Waals surface area (Å²) in [6.45, 7) is 1.47. The van der Waals surface area contributed by atoms with Gasteiger partial charge in [-0.05, 0) is 0 Å². The van der Waals surface area contributed by atoms with Crippen molar-refractivity contribution in [2.75, 3.05) is 31.1 Å². The van der Waals surface area contributed by atoms with Gasteiger partial charge >= 0.3 is 6.18 Å². The monoisotopic (exact) mass is 338 g/mol. The summed E-state index contributed by atoms with van der Waals surface area (Å²) in [5, 5.41) is 0. The third-order valence-electron chi connectivity index (χ3n) is 3.62. The van der Waals surface area contributed by atoms with Crippen LogP contribution in [-0.4, -0.2) is 56.9 Å². The van der Waals surface area contributed by atoms with Gasteiger partial charge in [0.15, 0.2) is 0 Å². The predicted molar refractivity (Wildman–Crippen MR) is 77.2 cm³/mol. The highest BCUT2D eigenvalue weighted by Crippen LogP contribution is 2.29. The molecule has 0 N–H and O–H groups in total. The molecule has 0 aliphatic carbocycles. The summed E-state index contributed by atoms with van der Waals surface area (Å²) in [7, 11) is 0. The van der Waals surface area contributed by atoms with E-state index in [4.69, 9.17) is 0 Å². The Bertz CT molecular complexity index is 716. The van der Waals surface area contributed by atoms with Crippen molar-refractivity contribution in [3.05, 3.63) is 42.4 Å². The topological polar surface area (TPSA) is 75.1 Å². The van der Waals surface area contributed by atoms with E-state index >= 15 is 0 Å². The summed E-state index contributed by atoms with van der Waals surface area (Å²) < 4.78 is 38.1. The van der Waals surface area contributed by atoms with Crippen molar-refractivity contribution in [3.8, 4) is 0 Å². The minimum atomic E-state index is -4.51. The normalized spacial score (nSPS) is 15.5. The van der Waals surface area contributed by atoms with Crippen LogP contribution in [0.2, 0.25) is 0 Å². The molecule has 24 heavy (non-hydrogen) atoms. The first kappa shape index (κ1) is 16.1. The van der Waals surface area contributed by atoms with E-state index < -0.39 is 11.9 Å². The molecule has 1 fully saturated rings. The molecule has 1 saturated heterocycles. The average molecular weight is 338 g/mol. The summed E-state index contributed by atoms with van der Waals surface area (Å²) >= 11 is 0. The van der Waals surface area contributed by atoms with Crippen LogP contribution in [0.3, 0.4) is 0 Å². The highest BCUT2D eigenvalue weighted by molar-refractivity contribution is 5.92. The highest BCUT2D eigenvalue weighted by atomic mass is 19.4. The van der Waals surface area contributed by atoms with Crippen molar-refractivity contribution >= 4 is 11.7 Å². The molecule has 1 amide bonds. The van der Waals surface area contributed by atoms with Crippen LogP contribution in [0.5, 0.6) is 0 Å². The van der Waals surface area contributed by atoms with Gasteiger partial charge in [-0.25, -0.2) is 15.0 Å². The maximum atomic E-state index is 12.7. The van der Waals surface area contributed by atoms with Crippen LogP contribution in [0.4, 0.5) is 19.0 Å². The van der Waals surface area contributed by atoms with Crippen molar-refractivity contribution in [1.82, 2.24) is 24.8 Å². The molecule has 2 aromatic heterocycles. The van der Waals surface area contributed by atoms with Gasteiger partial charge in [-0.1, -0.05) is 0 Å². The van der Waals surface area contributed by atoms with Gasteiger partial charge in [0, 0.05) is 44.6 Å². The minimum absolute atomic E-state index is 0.198. The van der Waals surface area contributed by atoms with E-state index in [2.05, 4.69) is 19.9 Å². The Morgan fingerprint density at radius 3 is 2.42 bits per heavy atom. The summed E-state index contributed by atoms with van der Waals surface area (Å²) in [5.41, 5.74) is -0.738. The second-order valence-electron chi connectivity index (χ2n) is 5.13. The first-order valence-corrected chi connectivity index (χ1v) is 7.14. The molecule has 0 spiro atoms. The largest absolute Gasteiger partial charge is 0.433 e. The molecule has 0 unspecified atom stereocenters. The van der Waals surface area contributed by atoms with E-state index in [1.807, 2.05) is 0 Å². The molecule has 0 atom stereocenters. The van der Waals surface area contributed by atoms with Gasteiger partial charge in [0.05, 0.1) is 6.20 Å². The van der Waals surface area contributed by atoms with Gasteiger partial charge in [-0.3, -0.25) is 9.78 Å².